The van der Waals surface area contributed by atoms with Crippen molar-refractivity contribution in [3.8, 4) is 0 Å². The third kappa shape index (κ3) is 4.73. The van der Waals surface area contributed by atoms with Gasteiger partial charge in [0, 0.05) is 50.9 Å². The number of anilines is 1. The lowest BCUT2D eigenvalue weighted by Gasteiger charge is -2.41. The number of hydrogen-bond donors (Lipinski definition) is 0. The van der Waals surface area contributed by atoms with Crippen LogP contribution in [0.15, 0.2) is 54.6 Å². The lowest BCUT2D eigenvalue weighted by Crippen LogP contribution is -2.55. The number of carbonyl (C=O) groups excluding carboxylic acids is 2. The standard InChI is InChI=1S/C25H31N3O2/c1-2-22-19-26(18-21-7-4-3-5-8-21)15-16-28(22)25(30)17-20-10-12-23(13-11-20)27-14-6-9-24(27)29/h3-5,7-8,10-13,22H,2,6,9,14-19H2,1H3. The van der Waals surface area contributed by atoms with Gasteiger partial charge in [-0.3, -0.25) is 14.5 Å². The zero-order valence-electron chi connectivity index (χ0n) is 17.8. The molecule has 158 valence electrons. The average molecular weight is 406 g/mol. The molecule has 0 aromatic heterocycles. The number of benzene rings is 2. The van der Waals surface area contributed by atoms with E-state index in [0.29, 0.717) is 12.8 Å². The molecule has 2 aliphatic heterocycles. The summed E-state index contributed by atoms with van der Waals surface area (Å²) >= 11 is 0. The van der Waals surface area contributed by atoms with Gasteiger partial charge in [-0.15, -0.1) is 0 Å². The molecule has 1 atom stereocenters. The lowest BCUT2D eigenvalue weighted by molar-refractivity contribution is -0.135. The maximum atomic E-state index is 13.0. The Kier molecular flexibility index (Phi) is 6.48. The third-order valence-electron chi connectivity index (χ3n) is 6.28. The molecule has 4 rings (SSSR count). The molecule has 2 fully saturated rings. The first-order chi connectivity index (χ1) is 14.6. The summed E-state index contributed by atoms with van der Waals surface area (Å²) in [6, 6.07) is 18.7. The van der Waals surface area contributed by atoms with Crippen LogP contribution in [-0.4, -0.2) is 53.8 Å². The molecule has 0 aliphatic carbocycles. The van der Waals surface area contributed by atoms with Crippen LogP contribution >= 0.6 is 0 Å². The number of nitrogens with zero attached hydrogens (tertiary/aromatic N) is 3. The zero-order valence-corrected chi connectivity index (χ0v) is 17.8. The lowest BCUT2D eigenvalue weighted by atomic mass is 10.1. The van der Waals surface area contributed by atoms with Gasteiger partial charge in [0.25, 0.3) is 0 Å². The van der Waals surface area contributed by atoms with E-state index in [-0.39, 0.29) is 17.9 Å². The van der Waals surface area contributed by atoms with Gasteiger partial charge in [-0.1, -0.05) is 49.4 Å². The molecule has 2 saturated heterocycles. The molecule has 2 amide bonds. The number of carbonyl (C=O) groups is 2. The molecule has 2 aromatic carbocycles. The van der Waals surface area contributed by atoms with E-state index < -0.39 is 0 Å². The molecule has 30 heavy (non-hydrogen) atoms. The topological polar surface area (TPSA) is 43.9 Å². The van der Waals surface area contributed by atoms with Crippen molar-refractivity contribution in [1.82, 2.24) is 9.80 Å². The van der Waals surface area contributed by atoms with Gasteiger partial charge in [-0.05, 0) is 36.1 Å². The fourth-order valence-corrected chi connectivity index (χ4v) is 4.57. The summed E-state index contributed by atoms with van der Waals surface area (Å²) in [6.07, 6.45) is 2.94. The smallest absolute Gasteiger partial charge is 0.227 e. The van der Waals surface area contributed by atoms with Crippen LogP contribution in [0.4, 0.5) is 5.69 Å². The number of piperazine rings is 1. The van der Waals surface area contributed by atoms with E-state index in [9.17, 15) is 9.59 Å². The van der Waals surface area contributed by atoms with E-state index in [4.69, 9.17) is 0 Å². The monoisotopic (exact) mass is 405 g/mol. The summed E-state index contributed by atoms with van der Waals surface area (Å²) in [5, 5.41) is 0. The minimum absolute atomic E-state index is 0.193. The van der Waals surface area contributed by atoms with Gasteiger partial charge in [-0.2, -0.15) is 0 Å². The summed E-state index contributed by atoms with van der Waals surface area (Å²) in [5.41, 5.74) is 3.27. The molecule has 0 radical (unpaired) electrons. The van der Waals surface area contributed by atoms with Crippen LogP contribution < -0.4 is 4.90 Å². The summed E-state index contributed by atoms with van der Waals surface area (Å²) in [6.45, 7) is 6.52. The maximum absolute atomic E-state index is 13.0. The van der Waals surface area contributed by atoms with Crippen molar-refractivity contribution in [3.05, 3.63) is 65.7 Å². The van der Waals surface area contributed by atoms with Gasteiger partial charge < -0.3 is 9.80 Å². The van der Waals surface area contributed by atoms with Crippen LogP contribution in [0.3, 0.4) is 0 Å². The Morgan fingerprint density at radius 3 is 2.40 bits per heavy atom. The third-order valence-corrected chi connectivity index (χ3v) is 6.28. The van der Waals surface area contributed by atoms with Crippen LogP contribution in [-0.2, 0) is 22.6 Å². The minimum Gasteiger partial charge on any atom is -0.337 e. The second-order valence-corrected chi connectivity index (χ2v) is 8.36. The number of hydrogen-bond acceptors (Lipinski definition) is 3. The second kappa shape index (κ2) is 9.43. The van der Waals surface area contributed by atoms with Crippen LogP contribution in [0, 0.1) is 0 Å². The molecular weight excluding hydrogens is 374 g/mol. The van der Waals surface area contributed by atoms with Crippen molar-refractivity contribution >= 4 is 17.5 Å². The second-order valence-electron chi connectivity index (χ2n) is 8.36. The molecular formula is C25H31N3O2. The van der Waals surface area contributed by atoms with E-state index >= 15 is 0 Å². The van der Waals surface area contributed by atoms with Crippen molar-refractivity contribution in [2.24, 2.45) is 0 Å². The summed E-state index contributed by atoms with van der Waals surface area (Å²) in [5.74, 6) is 0.393. The number of rotatable bonds is 6. The van der Waals surface area contributed by atoms with Gasteiger partial charge >= 0.3 is 0 Å². The van der Waals surface area contributed by atoms with Crippen molar-refractivity contribution < 1.29 is 9.59 Å². The molecule has 2 aliphatic rings. The summed E-state index contributed by atoms with van der Waals surface area (Å²) < 4.78 is 0. The number of amides is 2. The fourth-order valence-electron chi connectivity index (χ4n) is 4.57. The first kappa shape index (κ1) is 20.6. The highest BCUT2D eigenvalue weighted by atomic mass is 16.2. The van der Waals surface area contributed by atoms with Crippen molar-refractivity contribution in [2.45, 2.75) is 45.2 Å². The molecule has 5 nitrogen and oxygen atoms in total. The zero-order chi connectivity index (χ0) is 20.9. The first-order valence-electron chi connectivity index (χ1n) is 11.1. The summed E-state index contributed by atoms with van der Waals surface area (Å²) in [4.78, 5) is 31.3. The van der Waals surface area contributed by atoms with E-state index in [0.717, 1.165) is 56.8 Å². The minimum atomic E-state index is 0.193. The molecule has 5 heteroatoms. The molecule has 2 heterocycles. The molecule has 2 aromatic rings. The highest BCUT2D eigenvalue weighted by Gasteiger charge is 2.29. The predicted molar refractivity (Wildman–Crippen MR) is 119 cm³/mol. The Morgan fingerprint density at radius 1 is 0.967 bits per heavy atom. The van der Waals surface area contributed by atoms with Crippen molar-refractivity contribution in [1.29, 1.82) is 0 Å². The van der Waals surface area contributed by atoms with E-state index in [1.807, 2.05) is 35.2 Å². The van der Waals surface area contributed by atoms with Crippen LogP contribution in [0.1, 0.15) is 37.3 Å². The van der Waals surface area contributed by atoms with E-state index in [1.54, 1.807) is 0 Å². The Morgan fingerprint density at radius 2 is 1.73 bits per heavy atom. The maximum Gasteiger partial charge on any atom is 0.227 e. The van der Waals surface area contributed by atoms with Gasteiger partial charge in [0.05, 0.1) is 6.42 Å². The average Bonchev–Trinajstić information content (AvgIpc) is 3.20. The van der Waals surface area contributed by atoms with Gasteiger partial charge in [0.2, 0.25) is 11.8 Å². The highest BCUT2D eigenvalue weighted by Crippen LogP contribution is 2.22. The Labute approximate surface area is 179 Å². The Bertz CT molecular complexity index is 866. The van der Waals surface area contributed by atoms with Crippen LogP contribution in [0.25, 0.3) is 0 Å². The largest absolute Gasteiger partial charge is 0.337 e. The quantitative estimate of drug-likeness (QED) is 0.739. The van der Waals surface area contributed by atoms with Crippen LogP contribution in [0.2, 0.25) is 0 Å². The molecule has 0 N–H and O–H groups in total. The molecule has 0 saturated carbocycles. The predicted octanol–water partition coefficient (Wildman–Crippen LogP) is 3.48. The normalized spacial score (nSPS) is 20.0. The van der Waals surface area contributed by atoms with E-state index in [1.165, 1.54) is 5.56 Å². The van der Waals surface area contributed by atoms with Gasteiger partial charge in [-0.25, -0.2) is 0 Å². The van der Waals surface area contributed by atoms with Crippen molar-refractivity contribution in [3.63, 3.8) is 0 Å². The molecule has 0 spiro atoms. The summed E-state index contributed by atoms with van der Waals surface area (Å²) in [7, 11) is 0. The van der Waals surface area contributed by atoms with Gasteiger partial charge in [0.15, 0.2) is 0 Å². The van der Waals surface area contributed by atoms with Gasteiger partial charge in [0.1, 0.15) is 0 Å². The van der Waals surface area contributed by atoms with E-state index in [2.05, 4.69) is 41.0 Å². The fraction of sp³-hybridized carbons (Fsp3) is 0.440. The molecule has 0 bridgehead atoms. The SMILES string of the molecule is CCC1CN(Cc2ccccc2)CCN1C(=O)Cc1ccc(N2CCCC2=O)cc1. The van der Waals surface area contributed by atoms with Crippen molar-refractivity contribution in [2.75, 3.05) is 31.1 Å². The molecule has 1 unspecified atom stereocenters. The first-order valence-corrected chi connectivity index (χ1v) is 11.1. The Balaban J connectivity index is 1.34. The Hall–Kier alpha value is -2.66. The van der Waals surface area contributed by atoms with Crippen LogP contribution in [0.5, 0.6) is 0 Å². The highest BCUT2D eigenvalue weighted by molar-refractivity contribution is 5.95.